The number of hydroxylamine groups is 1. The molecule has 1 heterocycles. The molecule has 1 saturated heterocycles. The summed E-state index contributed by atoms with van der Waals surface area (Å²) in [7, 11) is 8.44. The number of nitrogens with one attached hydrogen (secondary N) is 5. The minimum absolute atomic E-state index is 0.0130. The highest BCUT2D eigenvalue weighted by molar-refractivity contribution is 5.97. The van der Waals surface area contributed by atoms with Gasteiger partial charge in [0, 0.05) is 39.9 Å². The standard InChI is InChI=1S/C55H89N9O10/c1-16-35(8)48(63(13)55(71)46(33(4)5)60-54(70)47(34(6)7)62(11)12)43(72-14)30-44(65)64-28-20-23-42(64)49(73-15)36(9)50(66)59-41(29-38-21-18-17-19-22-38)52(68)61-74-31-39-24-26-40(27-25-39)58-51(67)37(10)57-53(69)45(56)32(2)3/h17-19,21-22,24-27,32-37,41-43,45-49H,16,20,23,28-31,56H2,1-15H3,(H,57,69)(H,58,67)(H,59,66)(H,60,70)(H,61,68). The number of amides is 7. The van der Waals surface area contributed by atoms with Crippen LogP contribution >= 0.6 is 0 Å². The molecule has 74 heavy (non-hydrogen) atoms. The zero-order valence-corrected chi connectivity index (χ0v) is 46.7. The number of benzene rings is 2. The number of hydrogen-bond acceptors (Lipinski definition) is 12. The van der Waals surface area contributed by atoms with Crippen LogP contribution in [0.1, 0.15) is 106 Å². The third kappa shape index (κ3) is 17.8. The number of nitrogens with two attached hydrogens (primary N) is 1. The van der Waals surface area contributed by atoms with Gasteiger partial charge < -0.3 is 46.3 Å². The van der Waals surface area contributed by atoms with Crippen LogP contribution in [0.25, 0.3) is 0 Å². The molecule has 0 radical (unpaired) electrons. The van der Waals surface area contributed by atoms with Gasteiger partial charge in [-0.3, -0.25) is 43.3 Å². The predicted octanol–water partition coefficient (Wildman–Crippen LogP) is 4.04. The van der Waals surface area contributed by atoms with Gasteiger partial charge in [0.25, 0.3) is 5.91 Å². The minimum atomic E-state index is -1.05. The molecule has 0 spiro atoms. The Balaban J connectivity index is 1.73. The van der Waals surface area contributed by atoms with Crippen LogP contribution in [0.5, 0.6) is 0 Å². The summed E-state index contributed by atoms with van der Waals surface area (Å²) >= 11 is 0. The summed E-state index contributed by atoms with van der Waals surface area (Å²) in [5, 5.41) is 11.4. The molecule has 1 aliphatic heterocycles. The van der Waals surface area contributed by atoms with Crippen LogP contribution in [0, 0.1) is 29.6 Å². The smallest absolute Gasteiger partial charge is 0.266 e. The largest absolute Gasteiger partial charge is 0.379 e. The van der Waals surface area contributed by atoms with Gasteiger partial charge >= 0.3 is 0 Å². The highest BCUT2D eigenvalue weighted by atomic mass is 16.7. The molecule has 7 N–H and O–H groups in total. The van der Waals surface area contributed by atoms with Gasteiger partial charge in [0.2, 0.25) is 35.4 Å². The van der Waals surface area contributed by atoms with Crippen LogP contribution in [-0.2, 0) is 60.9 Å². The van der Waals surface area contributed by atoms with Gasteiger partial charge in [-0.05, 0) is 80.8 Å². The fourth-order valence-electron chi connectivity index (χ4n) is 9.65. The fraction of sp³-hybridized carbons (Fsp3) is 0.655. The molecular formula is C55H89N9O10. The second-order valence-electron chi connectivity index (χ2n) is 21.2. The lowest BCUT2D eigenvalue weighted by atomic mass is 9.89. The van der Waals surface area contributed by atoms with Crippen molar-refractivity contribution in [2.45, 2.75) is 162 Å². The van der Waals surface area contributed by atoms with Gasteiger partial charge in [-0.2, -0.15) is 0 Å². The third-order valence-corrected chi connectivity index (χ3v) is 14.3. The summed E-state index contributed by atoms with van der Waals surface area (Å²) < 4.78 is 12.1. The van der Waals surface area contributed by atoms with Crippen LogP contribution in [0.15, 0.2) is 54.6 Å². The van der Waals surface area contributed by atoms with E-state index >= 15 is 0 Å². The molecule has 2 aromatic carbocycles. The van der Waals surface area contributed by atoms with Crippen molar-refractivity contribution in [1.82, 2.24) is 36.1 Å². The normalized spacial score (nSPS) is 17.8. The van der Waals surface area contributed by atoms with Gasteiger partial charge in [-0.15, -0.1) is 0 Å². The van der Waals surface area contributed by atoms with Crippen molar-refractivity contribution in [3.8, 4) is 0 Å². The lowest BCUT2D eigenvalue weighted by Gasteiger charge is -2.41. The zero-order valence-electron chi connectivity index (χ0n) is 46.7. The maximum Gasteiger partial charge on any atom is 0.266 e. The topological polar surface area (TPSA) is 243 Å². The SMILES string of the molecule is CCC(C)C(C(CC(=O)N1CCCC1C(OC)C(C)C(=O)NC(Cc1ccccc1)C(=O)NOCc1ccc(NC(=O)C(C)NC(=O)C(N)C(C)C)cc1)OC)N(C)C(=O)C(NC(=O)C(C(C)C)N(C)C)C(C)C. The molecule has 0 saturated carbocycles. The highest BCUT2D eigenvalue weighted by Crippen LogP contribution is 2.30. The van der Waals surface area contributed by atoms with Crippen molar-refractivity contribution in [2.24, 2.45) is 35.3 Å². The Morgan fingerprint density at radius 3 is 1.91 bits per heavy atom. The Hall–Kier alpha value is -5.47. The lowest BCUT2D eigenvalue weighted by Crippen LogP contribution is -2.59. The van der Waals surface area contributed by atoms with E-state index in [1.807, 2.05) is 105 Å². The Morgan fingerprint density at radius 2 is 1.36 bits per heavy atom. The van der Waals surface area contributed by atoms with Crippen LogP contribution < -0.4 is 32.5 Å². The van der Waals surface area contributed by atoms with Crippen molar-refractivity contribution in [3.05, 3.63) is 65.7 Å². The molecule has 7 amide bonds. The van der Waals surface area contributed by atoms with E-state index in [9.17, 15) is 33.6 Å². The molecule has 19 nitrogen and oxygen atoms in total. The predicted molar refractivity (Wildman–Crippen MR) is 286 cm³/mol. The quantitative estimate of drug-likeness (QED) is 0.0633. The van der Waals surface area contributed by atoms with E-state index in [-0.39, 0.29) is 60.8 Å². The Kier molecular flexibility index (Phi) is 25.6. The molecule has 2 aromatic rings. The van der Waals surface area contributed by atoms with Crippen molar-refractivity contribution in [2.75, 3.05) is 47.2 Å². The van der Waals surface area contributed by atoms with Crippen LogP contribution in [0.2, 0.25) is 0 Å². The second kappa shape index (κ2) is 30.2. The summed E-state index contributed by atoms with van der Waals surface area (Å²) in [5.41, 5.74) is 10.4. The molecule has 414 valence electrons. The number of methoxy groups -OCH3 is 2. The number of likely N-dealkylation sites (tertiary alicyclic amines) is 1. The molecule has 3 rings (SSSR count). The van der Waals surface area contributed by atoms with E-state index in [0.29, 0.717) is 37.1 Å². The van der Waals surface area contributed by atoms with Gasteiger partial charge in [0.1, 0.15) is 18.1 Å². The van der Waals surface area contributed by atoms with Gasteiger partial charge in [0.15, 0.2) is 0 Å². The number of ether oxygens (including phenoxy) is 2. The summed E-state index contributed by atoms with van der Waals surface area (Å²) in [5.74, 6) is -3.74. The number of carbonyl (C=O) groups excluding carboxylic acids is 7. The van der Waals surface area contributed by atoms with Crippen LogP contribution in [-0.4, -0.2) is 152 Å². The first kappa shape index (κ1) is 62.8. The first-order valence-corrected chi connectivity index (χ1v) is 26.2. The fourth-order valence-corrected chi connectivity index (χ4v) is 9.65. The molecule has 11 atom stereocenters. The van der Waals surface area contributed by atoms with Crippen molar-refractivity contribution in [3.63, 3.8) is 0 Å². The zero-order chi connectivity index (χ0) is 55.6. The first-order valence-electron chi connectivity index (χ1n) is 26.2. The minimum Gasteiger partial charge on any atom is -0.379 e. The Morgan fingerprint density at radius 1 is 0.730 bits per heavy atom. The van der Waals surface area contributed by atoms with Gasteiger partial charge in [0.05, 0.1) is 55.3 Å². The molecule has 0 aromatic heterocycles. The van der Waals surface area contributed by atoms with E-state index in [4.69, 9.17) is 20.0 Å². The van der Waals surface area contributed by atoms with Crippen LogP contribution in [0.3, 0.4) is 0 Å². The molecule has 0 bridgehead atoms. The van der Waals surface area contributed by atoms with Crippen molar-refractivity contribution in [1.29, 1.82) is 0 Å². The number of carbonyl (C=O) groups is 7. The molecule has 11 unspecified atom stereocenters. The molecule has 1 fully saturated rings. The van der Waals surface area contributed by atoms with Gasteiger partial charge in [-0.25, -0.2) is 5.48 Å². The number of likely N-dealkylation sites (N-methyl/N-ethyl adjacent to an activating group) is 2. The van der Waals surface area contributed by atoms with E-state index in [2.05, 4.69) is 26.7 Å². The number of rotatable bonds is 29. The second-order valence-corrected chi connectivity index (χ2v) is 21.2. The molecule has 0 aliphatic carbocycles. The average Bonchev–Trinajstić information content (AvgIpc) is 3.84. The van der Waals surface area contributed by atoms with E-state index in [1.54, 1.807) is 55.0 Å². The van der Waals surface area contributed by atoms with Crippen molar-refractivity contribution >= 4 is 47.0 Å². The first-order chi connectivity index (χ1) is 34.9. The average molecular weight is 1040 g/mol. The maximum atomic E-state index is 14.5. The molecule has 1 aliphatic rings. The number of anilines is 1. The highest BCUT2D eigenvalue weighted by Gasteiger charge is 2.43. The number of hydrogen-bond donors (Lipinski definition) is 6. The molecular weight excluding hydrogens is 947 g/mol. The van der Waals surface area contributed by atoms with E-state index in [0.717, 1.165) is 5.56 Å². The third-order valence-electron chi connectivity index (χ3n) is 14.3. The summed E-state index contributed by atoms with van der Waals surface area (Å²) in [6.45, 7) is 19.1. The Bertz CT molecular complexity index is 2120. The summed E-state index contributed by atoms with van der Waals surface area (Å²) in [4.78, 5) is 106. The number of nitrogens with zero attached hydrogens (tertiary/aromatic N) is 3. The summed E-state index contributed by atoms with van der Waals surface area (Å²) in [6, 6.07) is 11.2. The molecule has 19 heteroatoms. The van der Waals surface area contributed by atoms with Crippen LogP contribution in [0.4, 0.5) is 5.69 Å². The summed E-state index contributed by atoms with van der Waals surface area (Å²) in [6.07, 6.45) is 0.631. The lowest BCUT2D eigenvalue weighted by molar-refractivity contribution is -0.148. The van der Waals surface area contributed by atoms with Gasteiger partial charge in [-0.1, -0.05) is 111 Å². The van der Waals surface area contributed by atoms with E-state index < -0.39 is 84.0 Å². The van der Waals surface area contributed by atoms with Crippen molar-refractivity contribution < 1.29 is 47.9 Å². The Labute approximate surface area is 440 Å². The maximum absolute atomic E-state index is 14.5. The monoisotopic (exact) mass is 1040 g/mol. The van der Waals surface area contributed by atoms with E-state index in [1.165, 1.54) is 14.2 Å².